The van der Waals surface area contributed by atoms with Crippen LogP contribution in [0.1, 0.15) is 25.5 Å². The van der Waals surface area contributed by atoms with Crippen LogP contribution in [0.5, 0.6) is 5.88 Å². The van der Waals surface area contributed by atoms with Crippen LogP contribution in [0.25, 0.3) is 11.2 Å². The molecule has 1 saturated carbocycles. The van der Waals surface area contributed by atoms with Crippen molar-refractivity contribution >= 4 is 38.4 Å². The third kappa shape index (κ3) is 2.42. The molecule has 6 nitrogen and oxygen atoms in total. The van der Waals surface area contributed by atoms with Crippen molar-refractivity contribution in [2.24, 2.45) is 0 Å². The van der Waals surface area contributed by atoms with Crippen molar-refractivity contribution in [3.8, 4) is 5.88 Å². The van der Waals surface area contributed by atoms with Crippen molar-refractivity contribution in [1.82, 2.24) is 24.5 Å². The second-order valence-electron chi connectivity index (χ2n) is 5.35. The molecule has 0 aromatic carbocycles. The highest BCUT2D eigenvalue weighted by atomic mass is 79.9. The first-order valence-electron chi connectivity index (χ1n) is 6.57. The number of halogens is 1. The maximum atomic E-state index is 5.97. The number of hydrogen-bond donors (Lipinski definition) is 0. The van der Waals surface area contributed by atoms with E-state index in [0.717, 1.165) is 24.2 Å². The number of aromatic nitrogens is 5. The van der Waals surface area contributed by atoms with Crippen LogP contribution in [-0.4, -0.2) is 30.1 Å². The molecule has 0 bridgehead atoms. The predicted octanol–water partition coefficient (Wildman–Crippen LogP) is 3.02. The monoisotopic (exact) mass is 365 g/mol. The van der Waals surface area contributed by atoms with E-state index < -0.39 is 0 Å². The summed E-state index contributed by atoms with van der Waals surface area (Å²) in [7, 11) is 0. The molecule has 108 valence electrons. The van der Waals surface area contributed by atoms with E-state index in [-0.39, 0.29) is 5.60 Å². The van der Waals surface area contributed by atoms with Crippen molar-refractivity contribution in [3.63, 3.8) is 0 Å². The Morgan fingerprint density at radius 1 is 1.38 bits per heavy atom. The minimum absolute atomic E-state index is 0.0908. The fourth-order valence-electron chi connectivity index (χ4n) is 2.09. The average molecular weight is 366 g/mol. The van der Waals surface area contributed by atoms with Gasteiger partial charge in [0.25, 0.3) is 0 Å². The van der Waals surface area contributed by atoms with Crippen LogP contribution in [0.15, 0.2) is 22.0 Å². The lowest BCUT2D eigenvalue weighted by Gasteiger charge is -2.11. The quantitative estimate of drug-likeness (QED) is 0.664. The molecule has 1 fully saturated rings. The Morgan fingerprint density at radius 2 is 2.24 bits per heavy atom. The molecular weight excluding hydrogens is 354 g/mol. The van der Waals surface area contributed by atoms with E-state index in [1.54, 1.807) is 11.3 Å². The molecule has 21 heavy (non-hydrogen) atoms. The number of hydrogen-bond acceptors (Lipinski definition) is 6. The third-order valence-corrected chi connectivity index (χ3v) is 4.79. The van der Waals surface area contributed by atoms with Gasteiger partial charge in [0.2, 0.25) is 5.88 Å². The first kappa shape index (κ1) is 13.1. The van der Waals surface area contributed by atoms with Gasteiger partial charge in [0.1, 0.15) is 11.9 Å². The van der Waals surface area contributed by atoms with Gasteiger partial charge in [0, 0.05) is 5.38 Å². The Labute approximate surface area is 133 Å². The molecule has 0 N–H and O–H groups in total. The zero-order valence-electron chi connectivity index (χ0n) is 11.3. The Hall–Kier alpha value is -1.54. The van der Waals surface area contributed by atoms with E-state index in [0.29, 0.717) is 22.7 Å². The fraction of sp³-hybridized carbons (Fsp3) is 0.385. The molecule has 3 heterocycles. The normalized spacial score (nSPS) is 16.3. The van der Waals surface area contributed by atoms with Crippen LogP contribution in [0.3, 0.4) is 0 Å². The van der Waals surface area contributed by atoms with E-state index in [4.69, 9.17) is 4.74 Å². The summed E-state index contributed by atoms with van der Waals surface area (Å²) in [5, 5.41) is 2.02. The van der Waals surface area contributed by atoms with Crippen molar-refractivity contribution in [3.05, 3.63) is 27.6 Å². The molecule has 0 aliphatic heterocycles. The number of imidazole rings is 1. The van der Waals surface area contributed by atoms with Gasteiger partial charge in [-0.25, -0.2) is 15.0 Å². The second kappa shape index (κ2) is 4.74. The first-order chi connectivity index (χ1) is 10.1. The van der Waals surface area contributed by atoms with Crippen LogP contribution >= 0.6 is 27.3 Å². The van der Waals surface area contributed by atoms with Gasteiger partial charge in [-0.3, -0.25) is 4.57 Å². The smallest absolute Gasteiger partial charge is 0.246 e. The average Bonchev–Trinajstić information content (AvgIpc) is 2.89. The second-order valence-corrected chi connectivity index (χ2v) is 6.78. The summed E-state index contributed by atoms with van der Waals surface area (Å²) in [4.78, 5) is 17.4. The van der Waals surface area contributed by atoms with Gasteiger partial charge in [0.05, 0.1) is 17.7 Å². The highest BCUT2D eigenvalue weighted by Gasteiger charge is 2.41. The van der Waals surface area contributed by atoms with Crippen molar-refractivity contribution in [1.29, 1.82) is 0 Å². The van der Waals surface area contributed by atoms with Gasteiger partial charge >= 0.3 is 0 Å². The lowest BCUT2D eigenvalue weighted by atomic mass is 10.4. The van der Waals surface area contributed by atoms with Gasteiger partial charge in [-0.05, 0) is 35.7 Å². The number of nitrogens with zero attached hydrogens (tertiary/aromatic N) is 5. The molecular formula is C13H12BrN5OS. The highest BCUT2D eigenvalue weighted by molar-refractivity contribution is 9.10. The number of rotatable bonds is 4. The molecule has 1 aliphatic carbocycles. The zero-order valence-corrected chi connectivity index (χ0v) is 13.7. The minimum atomic E-state index is -0.0908. The zero-order chi connectivity index (χ0) is 14.4. The summed E-state index contributed by atoms with van der Waals surface area (Å²) in [6.45, 7) is 2.70. The predicted molar refractivity (Wildman–Crippen MR) is 82.5 cm³/mol. The lowest BCUT2D eigenvalue weighted by molar-refractivity contribution is 0.194. The third-order valence-electron chi connectivity index (χ3n) is 3.55. The Morgan fingerprint density at radius 3 is 2.95 bits per heavy atom. The Bertz CT molecular complexity index is 796. The van der Waals surface area contributed by atoms with Crippen LogP contribution in [0.2, 0.25) is 0 Å². The van der Waals surface area contributed by atoms with E-state index in [2.05, 4.69) is 42.8 Å². The van der Waals surface area contributed by atoms with Gasteiger partial charge in [0.15, 0.2) is 15.9 Å². The molecule has 0 unspecified atom stereocenters. The first-order valence-corrected chi connectivity index (χ1v) is 8.31. The van der Waals surface area contributed by atoms with Crippen LogP contribution in [0, 0.1) is 0 Å². The largest absolute Gasteiger partial charge is 0.470 e. The molecule has 4 rings (SSSR count). The Balaban J connectivity index is 1.77. The van der Waals surface area contributed by atoms with Gasteiger partial charge in [-0.2, -0.15) is 4.98 Å². The maximum Gasteiger partial charge on any atom is 0.246 e. The highest BCUT2D eigenvalue weighted by Crippen LogP contribution is 2.40. The van der Waals surface area contributed by atoms with Gasteiger partial charge in [-0.1, -0.05) is 0 Å². The fourth-order valence-corrected chi connectivity index (χ4v) is 3.11. The van der Waals surface area contributed by atoms with Crippen LogP contribution < -0.4 is 4.74 Å². The number of fused-ring (bicyclic) bond motifs is 1. The molecule has 0 saturated heterocycles. The summed E-state index contributed by atoms with van der Waals surface area (Å²) in [6, 6.07) is 0. The SMILES string of the molecule is CC1(Oc2ncnc3c2nc(Br)n3Cc2cscn2)CC1. The van der Waals surface area contributed by atoms with E-state index in [1.165, 1.54) is 6.33 Å². The molecule has 0 atom stereocenters. The van der Waals surface area contributed by atoms with Gasteiger partial charge in [-0.15, -0.1) is 11.3 Å². The summed E-state index contributed by atoms with van der Waals surface area (Å²) in [6.07, 6.45) is 3.63. The number of thiazole rings is 1. The van der Waals surface area contributed by atoms with E-state index in [9.17, 15) is 0 Å². The number of ether oxygens (including phenoxy) is 1. The topological polar surface area (TPSA) is 65.7 Å². The van der Waals surface area contributed by atoms with E-state index >= 15 is 0 Å². The molecule has 8 heteroatoms. The molecule has 3 aromatic rings. The van der Waals surface area contributed by atoms with Crippen molar-refractivity contribution in [2.75, 3.05) is 0 Å². The van der Waals surface area contributed by atoms with Crippen molar-refractivity contribution in [2.45, 2.75) is 31.9 Å². The summed E-state index contributed by atoms with van der Waals surface area (Å²) < 4.78 is 8.64. The molecule has 0 spiro atoms. The van der Waals surface area contributed by atoms with E-state index in [1.807, 2.05) is 15.5 Å². The van der Waals surface area contributed by atoms with Crippen molar-refractivity contribution < 1.29 is 4.74 Å². The maximum absolute atomic E-state index is 5.97. The lowest BCUT2D eigenvalue weighted by Crippen LogP contribution is -2.13. The van der Waals surface area contributed by atoms with Crippen LogP contribution in [-0.2, 0) is 6.54 Å². The molecule has 0 amide bonds. The van der Waals surface area contributed by atoms with Gasteiger partial charge < -0.3 is 4.74 Å². The molecule has 1 aliphatic rings. The molecule has 3 aromatic heterocycles. The summed E-state index contributed by atoms with van der Waals surface area (Å²) in [5.74, 6) is 0.553. The standard InChI is InChI=1S/C13H12BrN5OS/c1-13(2-3-13)20-11-9-10(15-6-16-11)19(12(14)18-9)4-8-5-21-7-17-8/h5-7H,2-4H2,1H3. The molecule has 0 radical (unpaired) electrons. The Kier molecular flexibility index (Phi) is 2.97. The minimum Gasteiger partial charge on any atom is -0.470 e. The summed E-state index contributed by atoms with van der Waals surface area (Å²) in [5.41, 5.74) is 4.15. The summed E-state index contributed by atoms with van der Waals surface area (Å²) >= 11 is 5.06. The van der Waals surface area contributed by atoms with Crippen LogP contribution in [0.4, 0.5) is 0 Å².